The lowest BCUT2D eigenvalue weighted by Crippen LogP contribution is -2.25. The maximum absolute atomic E-state index is 13.8. The van der Waals surface area contributed by atoms with Crippen molar-refractivity contribution in [1.82, 2.24) is 4.98 Å². The predicted molar refractivity (Wildman–Crippen MR) is 78.6 cm³/mol. The number of nitrogen functional groups attached to an aromatic ring is 1. The Morgan fingerprint density at radius 1 is 1.30 bits per heavy atom. The standard InChI is InChI=1S/C15H17FN4/c1-20(10-8-11-5-2-3-9-19-11)13-7-4-6-12(16)14(13)15(17)18/h2-7,9H,8,10H2,1H3,(H3,17,18). The quantitative estimate of drug-likeness (QED) is 0.647. The molecule has 2 rings (SSSR count). The van der Waals surface area contributed by atoms with Crippen LogP contribution in [0.3, 0.4) is 0 Å². The number of amidine groups is 1. The van der Waals surface area contributed by atoms with Crippen LogP contribution in [0.25, 0.3) is 0 Å². The zero-order chi connectivity index (χ0) is 14.5. The van der Waals surface area contributed by atoms with Gasteiger partial charge in [0.15, 0.2) is 0 Å². The van der Waals surface area contributed by atoms with E-state index in [0.29, 0.717) is 12.2 Å². The molecule has 0 saturated carbocycles. The number of nitrogens with zero attached hydrogens (tertiary/aromatic N) is 2. The number of aromatic nitrogens is 1. The fourth-order valence-corrected chi connectivity index (χ4v) is 2.05. The summed E-state index contributed by atoms with van der Waals surface area (Å²) < 4.78 is 13.8. The van der Waals surface area contributed by atoms with E-state index in [1.54, 1.807) is 18.3 Å². The molecule has 0 unspecified atom stereocenters. The fourth-order valence-electron chi connectivity index (χ4n) is 2.05. The van der Waals surface area contributed by atoms with Gasteiger partial charge in [-0.25, -0.2) is 4.39 Å². The third-order valence-electron chi connectivity index (χ3n) is 3.10. The Kier molecular flexibility index (Phi) is 4.30. The molecule has 0 bridgehead atoms. The van der Waals surface area contributed by atoms with Gasteiger partial charge in [-0.1, -0.05) is 12.1 Å². The van der Waals surface area contributed by atoms with E-state index in [0.717, 1.165) is 12.1 Å². The zero-order valence-corrected chi connectivity index (χ0v) is 11.3. The molecule has 104 valence electrons. The van der Waals surface area contributed by atoms with Crippen molar-refractivity contribution in [3.8, 4) is 0 Å². The third kappa shape index (κ3) is 3.12. The van der Waals surface area contributed by atoms with Crippen LogP contribution in [0, 0.1) is 11.2 Å². The molecule has 0 fully saturated rings. The molecular formula is C15H17FN4. The molecule has 2 aromatic rings. The van der Waals surface area contributed by atoms with E-state index in [1.807, 2.05) is 30.1 Å². The van der Waals surface area contributed by atoms with Crippen molar-refractivity contribution >= 4 is 11.5 Å². The highest BCUT2D eigenvalue weighted by atomic mass is 19.1. The Hall–Kier alpha value is -2.43. The number of rotatable bonds is 5. The van der Waals surface area contributed by atoms with Crippen molar-refractivity contribution in [3.63, 3.8) is 0 Å². The largest absolute Gasteiger partial charge is 0.384 e. The smallest absolute Gasteiger partial charge is 0.136 e. The summed E-state index contributed by atoms with van der Waals surface area (Å²) in [4.78, 5) is 6.14. The summed E-state index contributed by atoms with van der Waals surface area (Å²) in [7, 11) is 1.85. The van der Waals surface area contributed by atoms with Gasteiger partial charge in [-0.15, -0.1) is 0 Å². The van der Waals surface area contributed by atoms with Gasteiger partial charge >= 0.3 is 0 Å². The molecule has 0 amide bonds. The Balaban J connectivity index is 2.15. The van der Waals surface area contributed by atoms with Crippen molar-refractivity contribution < 1.29 is 4.39 Å². The van der Waals surface area contributed by atoms with Gasteiger partial charge in [-0.05, 0) is 24.3 Å². The van der Waals surface area contributed by atoms with Crippen LogP contribution in [-0.4, -0.2) is 24.4 Å². The van der Waals surface area contributed by atoms with Gasteiger partial charge in [0.1, 0.15) is 11.7 Å². The molecule has 0 radical (unpaired) electrons. The lowest BCUT2D eigenvalue weighted by Gasteiger charge is -2.22. The summed E-state index contributed by atoms with van der Waals surface area (Å²) in [6.45, 7) is 0.667. The average molecular weight is 272 g/mol. The summed E-state index contributed by atoms with van der Waals surface area (Å²) in [5, 5.41) is 7.51. The van der Waals surface area contributed by atoms with Crippen molar-refractivity contribution in [3.05, 3.63) is 59.7 Å². The van der Waals surface area contributed by atoms with Crippen molar-refractivity contribution in [2.24, 2.45) is 5.73 Å². The van der Waals surface area contributed by atoms with Gasteiger partial charge in [-0.3, -0.25) is 10.4 Å². The molecule has 0 aliphatic heterocycles. The number of hydrogen-bond acceptors (Lipinski definition) is 3. The van der Waals surface area contributed by atoms with Gasteiger partial charge in [0.2, 0.25) is 0 Å². The van der Waals surface area contributed by atoms with Crippen LogP contribution in [0.4, 0.5) is 10.1 Å². The van der Waals surface area contributed by atoms with Crippen LogP contribution in [-0.2, 0) is 6.42 Å². The molecule has 1 aromatic heterocycles. The molecule has 0 atom stereocenters. The van der Waals surface area contributed by atoms with Gasteiger partial charge in [0.05, 0.1) is 11.3 Å². The van der Waals surface area contributed by atoms with Crippen LogP contribution < -0.4 is 10.6 Å². The molecule has 0 saturated heterocycles. The second kappa shape index (κ2) is 6.14. The molecule has 4 nitrogen and oxygen atoms in total. The van der Waals surface area contributed by atoms with E-state index in [-0.39, 0.29) is 11.4 Å². The van der Waals surface area contributed by atoms with Crippen LogP contribution in [0.15, 0.2) is 42.6 Å². The van der Waals surface area contributed by atoms with Crippen LogP contribution in [0.1, 0.15) is 11.3 Å². The maximum atomic E-state index is 13.8. The number of nitrogens with two attached hydrogens (primary N) is 1. The van der Waals surface area contributed by atoms with E-state index < -0.39 is 5.82 Å². The first-order valence-electron chi connectivity index (χ1n) is 6.33. The van der Waals surface area contributed by atoms with E-state index in [1.165, 1.54) is 6.07 Å². The maximum Gasteiger partial charge on any atom is 0.136 e. The highest BCUT2D eigenvalue weighted by Crippen LogP contribution is 2.22. The molecule has 3 N–H and O–H groups in total. The Morgan fingerprint density at radius 3 is 2.75 bits per heavy atom. The lowest BCUT2D eigenvalue weighted by atomic mass is 10.1. The normalized spacial score (nSPS) is 10.3. The third-order valence-corrected chi connectivity index (χ3v) is 3.10. The van der Waals surface area contributed by atoms with E-state index in [4.69, 9.17) is 11.1 Å². The number of likely N-dealkylation sites (N-methyl/N-ethyl adjacent to an activating group) is 1. The van der Waals surface area contributed by atoms with E-state index in [9.17, 15) is 4.39 Å². The molecule has 0 aliphatic rings. The van der Waals surface area contributed by atoms with Crippen molar-refractivity contribution in [1.29, 1.82) is 5.41 Å². The second-order valence-corrected chi connectivity index (χ2v) is 4.54. The predicted octanol–water partition coefficient (Wildman–Crippen LogP) is 2.18. The van der Waals surface area contributed by atoms with Gasteiger partial charge in [0, 0.05) is 31.9 Å². The Labute approximate surface area is 117 Å². The van der Waals surface area contributed by atoms with Crippen LogP contribution >= 0.6 is 0 Å². The summed E-state index contributed by atoms with van der Waals surface area (Å²) in [5.41, 5.74) is 7.21. The minimum absolute atomic E-state index is 0.149. The van der Waals surface area contributed by atoms with E-state index in [2.05, 4.69) is 4.98 Å². The first kappa shape index (κ1) is 14.0. The van der Waals surface area contributed by atoms with Gasteiger partial charge < -0.3 is 10.6 Å². The zero-order valence-electron chi connectivity index (χ0n) is 11.3. The molecule has 1 aromatic carbocycles. The minimum Gasteiger partial charge on any atom is -0.384 e. The number of nitrogens with one attached hydrogen (secondary N) is 1. The Bertz CT molecular complexity index is 598. The topological polar surface area (TPSA) is 66.0 Å². The summed E-state index contributed by atoms with van der Waals surface area (Å²) in [6, 6.07) is 10.4. The molecule has 0 spiro atoms. The first-order valence-corrected chi connectivity index (χ1v) is 6.33. The summed E-state index contributed by atoms with van der Waals surface area (Å²) in [6.07, 6.45) is 2.49. The van der Waals surface area contributed by atoms with Gasteiger partial charge in [-0.2, -0.15) is 0 Å². The van der Waals surface area contributed by atoms with Crippen molar-refractivity contribution in [2.45, 2.75) is 6.42 Å². The lowest BCUT2D eigenvalue weighted by molar-refractivity contribution is 0.624. The summed E-state index contributed by atoms with van der Waals surface area (Å²) in [5.74, 6) is -0.734. The van der Waals surface area contributed by atoms with Crippen LogP contribution in [0.5, 0.6) is 0 Å². The minimum atomic E-state index is -0.473. The highest BCUT2D eigenvalue weighted by molar-refractivity contribution is 6.00. The molecule has 5 heteroatoms. The highest BCUT2D eigenvalue weighted by Gasteiger charge is 2.14. The number of halogens is 1. The molecule has 0 aliphatic carbocycles. The molecule has 1 heterocycles. The number of hydrogen-bond donors (Lipinski definition) is 2. The molecular weight excluding hydrogens is 255 g/mol. The number of benzene rings is 1. The van der Waals surface area contributed by atoms with Crippen LogP contribution in [0.2, 0.25) is 0 Å². The number of pyridine rings is 1. The number of anilines is 1. The average Bonchev–Trinajstić information content (AvgIpc) is 2.45. The summed E-state index contributed by atoms with van der Waals surface area (Å²) >= 11 is 0. The molecule has 20 heavy (non-hydrogen) atoms. The van der Waals surface area contributed by atoms with Crippen molar-refractivity contribution in [2.75, 3.05) is 18.5 Å². The first-order chi connectivity index (χ1) is 9.59. The van der Waals surface area contributed by atoms with E-state index >= 15 is 0 Å². The second-order valence-electron chi connectivity index (χ2n) is 4.54. The SMILES string of the molecule is CN(CCc1ccccn1)c1cccc(F)c1C(=N)N. The monoisotopic (exact) mass is 272 g/mol. The van der Waals surface area contributed by atoms with Gasteiger partial charge in [0.25, 0.3) is 0 Å². The fraction of sp³-hybridized carbons (Fsp3) is 0.200. The Morgan fingerprint density at radius 2 is 2.10 bits per heavy atom.